The zero-order valence-electron chi connectivity index (χ0n) is 25.3. The molecule has 0 unspecified atom stereocenters. The number of rotatable bonds is 5. The standard InChI is InChI=1S/C43H27N3Se/c1-4-13-28(14-5-1)33-20-11-22-35-36-23-12-21-34(40(36)47-39(33)35)32-26-25-29-19-10-24-37(38(29)27-32)43-45-41(30-15-6-2-7-16-30)44-42(46-43)31-17-8-3-9-18-31/h1-27H. The van der Waals surface area contributed by atoms with E-state index in [4.69, 9.17) is 15.0 Å². The summed E-state index contributed by atoms with van der Waals surface area (Å²) in [4.78, 5) is 15.0. The summed E-state index contributed by atoms with van der Waals surface area (Å²) in [7, 11) is 0. The van der Waals surface area contributed by atoms with E-state index in [1.54, 1.807) is 0 Å². The van der Waals surface area contributed by atoms with Crippen LogP contribution in [-0.2, 0) is 0 Å². The van der Waals surface area contributed by atoms with E-state index in [0.717, 1.165) is 27.5 Å². The van der Waals surface area contributed by atoms with Crippen molar-refractivity contribution < 1.29 is 0 Å². The Balaban J connectivity index is 1.24. The number of fused-ring (bicyclic) bond motifs is 4. The van der Waals surface area contributed by atoms with E-state index in [1.807, 2.05) is 60.7 Å². The molecule has 0 amide bonds. The molecule has 9 rings (SSSR count). The molecule has 9 aromatic rings. The fraction of sp³-hybridized carbons (Fsp3) is 0. The van der Waals surface area contributed by atoms with E-state index in [9.17, 15) is 0 Å². The van der Waals surface area contributed by atoms with Crippen LogP contribution in [0.1, 0.15) is 0 Å². The molecule has 0 spiro atoms. The van der Waals surface area contributed by atoms with Gasteiger partial charge < -0.3 is 0 Å². The van der Waals surface area contributed by atoms with Crippen molar-refractivity contribution in [3.05, 3.63) is 164 Å². The summed E-state index contributed by atoms with van der Waals surface area (Å²) in [5.74, 6) is 2.00. The molecule has 0 saturated heterocycles. The SMILES string of the molecule is c1ccc(-c2nc(-c3ccccc3)nc(-c3cccc4ccc(-c5cccc6c5[se]c5c(-c7ccccc7)cccc56)cc34)n2)cc1. The third kappa shape index (κ3) is 4.96. The maximum absolute atomic E-state index is 5.06. The second kappa shape index (κ2) is 11.6. The summed E-state index contributed by atoms with van der Waals surface area (Å²) < 4.78 is 2.90. The molecule has 0 aliphatic heterocycles. The minimum atomic E-state index is 0.172. The van der Waals surface area contributed by atoms with Crippen LogP contribution in [-0.4, -0.2) is 29.5 Å². The first-order chi connectivity index (χ1) is 23.3. The molecule has 2 heterocycles. The van der Waals surface area contributed by atoms with Crippen LogP contribution in [0.4, 0.5) is 0 Å². The molecule has 3 nitrogen and oxygen atoms in total. The van der Waals surface area contributed by atoms with Crippen LogP contribution in [0.15, 0.2) is 164 Å². The minimum absolute atomic E-state index is 0.172. The van der Waals surface area contributed by atoms with Gasteiger partial charge in [0.1, 0.15) is 0 Å². The fourth-order valence-electron chi connectivity index (χ4n) is 6.46. The Hall–Kier alpha value is -5.67. The van der Waals surface area contributed by atoms with Gasteiger partial charge in [0.25, 0.3) is 0 Å². The van der Waals surface area contributed by atoms with Crippen molar-refractivity contribution in [1.82, 2.24) is 15.0 Å². The van der Waals surface area contributed by atoms with Crippen molar-refractivity contribution in [3.8, 4) is 56.4 Å². The zero-order chi connectivity index (χ0) is 31.2. The molecule has 4 heteroatoms. The summed E-state index contributed by atoms with van der Waals surface area (Å²) in [6.45, 7) is 0. The van der Waals surface area contributed by atoms with Gasteiger partial charge in [0.15, 0.2) is 0 Å². The van der Waals surface area contributed by atoms with E-state index in [2.05, 4.69) is 103 Å². The molecule has 0 bridgehead atoms. The molecule has 0 saturated carbocycles. The van der Waals surface area contributed by atoms with Gasteiger partial charge in [0, 0.05) is 0 Å². The molecule has 7 aromatic carbocycles. The Morgan fingerprint density at radius 1 is 0.319 bits per heavy atom. The second-order valence-electron chi connectivity index (χ2n) is 11.6. The van der Waals surface area contributed by atoms with Crippen LogP contribution in [0.25, 0.3) is 86.5 Å². The van der Waals surface area contributed by atoms with Gasteiger partial charge in [-0.05, 0) is 0 Å². The van der Waals surface area contributed by atoms with Crippen LogP contribution < -0.4 is 0 Å². The van der Waals surface area contributed by atoms with Crippen molar-refractivity contribution in [2.75, 3.05) is 0 Å². The van der Waals surface area contributed by atoms with Crippen molar-refractivity contribution in [2.24, 2.45) is 0 Å². The van der Waals surface area contributed by atoms with Gasteiger partial charge in [-0.1, -0.05) is 12.1 Å². The van der Waals surface area contributed by atoms with Gasteiger partial charge >= 0.3 is 268 Å². The number of benzene rings is 7. The normalized spacial score (nSPS) is 11.4. The molecule has 220 valence electrons. The number of hydrogen-bond donors (Lipinski definition) is 0. The Morgan fingerprint density at radius 2 is 0.809 bits per heavy atom. The van der Waals surface area contributed by atoms with E-state index in [1.165, 1.54) is 41.5 Å². The third-order valence-electron chi connectivity index (χ3n) is 8.74. The van der Waals surface area contributed by atoms with Gasteiger partial charge in [0.2, 0.25) is 0 Å². The predicted octanol–water partition coefficient (Wildman–Crippen LogP) is 10.7. The fourth-order valence-corrected chi connectivity index (χ4v) is 9.33. The third-order valence-corrected chi connectivity index (χ3v) is 11.4. The van der Waals surface area contributed by atoms with E-state index >= 15 is 0 Å². The second-order valence-corrected chi connectivity index (χ2v) is 13.8. The summed E-state index contributed by atoms with van der Waals surface area (Å²) in [6, 6.07) is 57.8. The topological polar surface area (TPSA) is 38.7 Å². The summed E-state index contributed by atoms with van der Waals surface area (Å²) >= 11 is 0.172. The maximum atomic E-state index is 5.06. The molecule has 0 aliphatic rings. The van der Waals surface area contributed by atoms with Crippen molar-refractivity contribution in [1.29, 1.82) is 0 Å². The average Bonchev–Trinajstić information content (AvgIpc) is 3.54. The number of hydrogen-bond acceptors (Lipinski definition) is 3. The Bertz CT molecular complexity index is 2500. The van der Waals surface area contributed by atoms with E-state index in [0.29, 0.717) is 17.5 Å². The molecular weight excluding hydrogens is 637 g/mol. The molecule has 47 heavy (non-hydrogen) atoms. The number of nitrogens with zero attached hydrogens (tertiary/aromatic N) is 3. The molecular formula is C43H27N3Se. The van der Waals surface area contributed by atoms with Crippen molar-refractivity contribution >= 4 is 44.6 Å². The van der Waals surface area contributed by atoms with Crippen LogP contribution in [0.3, 0.4) is 0 Å². The molecule has 0 radical (unpaired) electrons. The van der Waals surface area contributed by atoms with Crippen LogP contribution in [0.5, 0.6) is 0 Å². The van der Waals surface area contributed by atoms with Gasteiger partial charge in [0.05, 0.1) is 0 Å². The van der Waals surface area contributed by atoms with E-state index in [-0.39, 0.29) is 14.5 Å². The zero-order valence-corrected chi connectivity index (χ0v) is 27.1. The first-order valence-electron chi connectivity index (χ1n) is 15.7. The first kappa shape index (κ1) is 27.6. The van der Waals surface area contributed by atoms with Gasteiger partial charge in [-0.25, -0.2) is 0 Å². The van der Waals surface area contributed by atoms with Crippen LogP contribution >= 0.6 is 0 Å². The van der Waals surface area contributed by atoms with Crippen molar-refractivity contribution in [2.45, 2.75) is 0 Å². The summed E-state index contributed by atoms with van der Waals surface area (Å²) in [5, 5.41) is 4.99. The predicted molar refractivity (Wildman–Crippen MR) is 196 cm³/mol. The van der Waals surface area contributed by atoms with Crippen molar-refractivity contribution in [3.63, 3.8) is 0 Å². The van der Waals surface area contributed by atoms with Crippen LogP contribution in [0.2, 0.25) is 0 Å². The van der Waals surface area contributed by atoms with Crippen LogP contribution in [0, 0.1) is 0 Å². The quantitative estimate of drug-likeness (QED) is 0.172. The average molecular weight is 665 g/mol. The monoisotopic (exact) mass is 665 g/mol. The Morgan fingerprint density at radius 3 is 1.40 bits per heavy atom. The molecule has 0 fully saturated rings. The van der Waals surface area contributed by atoms with Gasteiger partial charge in [-0.3, -0.25) is 0 Å². The van der Waals surface area contributed by atoms with E-state index < -0.39 is 0 Å². The summed E-state index contributed by atoms with van der Waals surface area (Å²) in [6.07, 6.45) is 0. The summed E-state index contributed by atoms with van der Waals surface area (Å²) in [5.41, 5.74) is 8.03. The Labute approximate surface area is 278 Å². The molecule has 0 atom stereocenters. The first-order valence-corrected chi connectivity index (χ1v) is 17.4. The molecule has 0 N–H and O–H groups in total. The van der Waals surface area contributed by atoms with Gasteiger partial charge in [-0.15, -0.1) is 0 Å². The molecule has 0 aliphatic carbocycles. The van der Waals surface area contributed by atoms with Gasteiger partial charge in [-0.2, -0.15) is 0 Å². The number of aromatic nitrogens is 3. The Kier molecular flexibility index (Phi) is 6.82. The molecule has 2 aromatic heterocycles.